The molecule has 122 valence electrons. The van der Waals surface area contributed by atoms with Gasteiger partial charge in [0.2, 0.25) is 0 Å². The molecule has 2 aromatic carbocycles. The van der Waals surface area contributed by atoms with Crippen LogP contribution in [0.1, 0.15) is 22.6 Å². The van der Waals surface area contributed by atoms with Crippen LogP contribution in [0.25, 0.3) is 0 Å². The maximum Gasteiger partial charge on any atom is 0.120 e. The molecule has 0 radical (unpaired) electrons. The number of hydrogen-bond acceptors (Lipinski definition) is 3. The smallest absolute Gasteiger partial charge is 0.120 e. The standard InChI is InChI=1S/C21H22N2O/c22-14-20(12-18-8-5-11-23-15-18)19-9-4-10-21(13-19)24-16-17-6-2-1-3-7-17/h1-11,13,15,20H,12,14,16,22H2. The van der Waals surface area contributed by atoms with E-state index in [1.165, 1.54) is 11.1 Å². The highest BCUT2D eigenvalue weighted by Crippen LogP contribution is 2.24. The Morgan fingerprint density at radius 2 is 1.75 bits per heavy atom. The molecule has 2 N–H and O–H groups in total. The first-order valence-corrected chi connectivity index (χ1v) is 8.21. The van der Waals surface area contributed by atoms with E-state index in [1.807, 2.05) is 42.6 Å². The molecule has 1 aromatic heterocycles. The number of rotatable bonds is 7. The second-order valence-electron chi connectivity index (χ2n) is 5.84. The minimum Gasteiger partial charge on any atom is -0.489 e. The molecule has 0 amide bonds. The van der Waals surface area contributed by atoms with Crippen molar-refractivity contribution in [2.45, 2.75) is 18.9 Å². The Balaban J connectivity index is 1.69. The van der Waals surface area contributed by atoms with Crippen LogP contribution in [0.5, 0.6) is 5.75 Å². The van der Waals surface area contributed by atoms with Gasteiger partial charge in [0.25, 0.3) is 0 Å². The van der Waals surface area contributed by atoms with E-state index in [2.05, 4.69) is 35.3 Å². The lowest BCUT2D eigenvalue weighted by molar-refractivity contribution is 0.305. The van der Waals surface area contributed by atoms with E-state index in [0.717, 1.165) is 17.7 Å². The van der Waals surface area contributed by atoms with Crippen LogP contribution in [0.4, 0.5) is 0 Å². The van der Waals surface area contributed by atoms with Crippen molar-refractivity contribution in [1.82, 2.24) is 4.98 Å². The highest BCUT2D eigenvalue weighted by Gasteiger charge is 2.12. The second-order valence-corrected chi connectivity index (χ2v) is 5.84. The molecule has 0 bridgehead atoms. The number of benzene rings is 2. The molecule has 0 fully saturated rings. The molecule has 24 heavy (non-hydrogen) atoms. The van der Waals surface area contributed by atoms with Crippen LogP contribution in [0.3, 0.4) is 0 Å². The van der Waals surface area contributed by atoms with E-state index in [0.29, 0.717) is 13.2 Å². The predicted octanol–water partition coefficient (Wildman–Crippen LogP) is 3.95. The molecular weight excluding hydrogens is 296 g/mol. The summed E-state index contributed by atoms with van der Waals surface area (Å²) >= 11 is 0. The third kappa shape index (κ3) is 4.43. The van der Waals surface area contributed by atoms with Gasteiger partial charge in [0.1, 0.15) is 12.4 Å². The van der Waals surface area contributed by atoms with Crippen LogP contribution in [0.2, 0.25) is 0 Å². The SMILES string of the molecule is NCC(Cc1cccnc1)c1cccc(OCc2ccccc2)c1. The van der Waals surface area contributed by atoms with Crippen LogP contribution in [0, 0.1) is 0 Å². The van der Waals surface area contributed by atoms with Crippen molar-refractivity contribution in [1.29, 1.82) is 0 Å². The third-order valence-electron chi connectivity index (χ3n) is 4.07. The van der Waals surface area contributed by atoms with Crippen molar-refractivity contribution in [2.75, 3.05) is 6.54 Å². The summed E-state index contributed by atoms with van der Waals surface area (Å²) in [4.78, 5) is 4.18. The summed E-state index contributed by atoms with van der Waals surface area (Å²) in [6.07, 6.45) is 4.57. The summed E-state index contributed by atoms with van der Waals surface area (Å²) in [5.74, 6) is 1.13. The van der Waals surface area contributed by atoms with Crippen molar-refractivity contribution in [3.8, 4) is 5.75 Å². The second kappa shape index (κ2) is 8.27. The fourth-order valence-electron chi connectivity index (χ4n) is 2.74. The minimum atomic E-state index is 0.259. The lowest BCUT2D eigenvalue weighted by Crippen LogP contribution is -2.15. The quantitative estimate of drug-likeness (QED) is 0.717. The molecule has 1 atom stereocenters. The molecule has 0 saturated carbocycles. The van der Waals surface area contributed by atoms with E-state index >= 15 is 0 Å². The third-order valence-corrected chi connectivity index (χ3v) is 4.07. The molecule has 0 aliphatic rings. The zero-order valence-electron chi connectivity index (χ0n) is 13.6. The summed E-state index contributed by atoms with van der Waals surface area (Å²) in [7, 11) is 0. The van der Waals surface area contributed by atoms with E-state index in [1.54, 1.807) is 6.20 Å². The first kappa shape index (κ1) is 16.2. The molecule has 3 nitrogen and oxygen atoms in total. The molecule has 1 unspecified atom stereocenters. The van der Waals surface area contributed by atoms with Gasteiger partial charge < -0.3 is 10.5 Å². The Kier molecular flexibility index (Phi) is 5.59. The van der Waals surface area contributed by atoms with Gasteiger partial charge in [0.05, 0.1) is 0 Å². The monoisotopic (exact) mass is 318 g/mol. The predicted molar refractivity (Wildman–Crippen MR) is 97.0 cm³/mol. The maximum atomic E-state index is 6.01. The van der Waals surface area contributed by atoms with Crippen LogP contribution in [0.15, 0.2) is 79.1 Å². The zero-order chi connectivity index (χ0) is 16.6. The number of ether oxygens (including phenoxy) is 1. The van der Waals surface area contributed by atoms with E-state index in [9.17, 15) is 0 Å². The Labute approximate surface area is 143 Å². The number of pyridine rings is 1. The highest BCUT2D eigenvalue weighted by molar-refractivity contribution is 5.32. The fourth-order valence-corrected chi connectivity index (χ4v) is 2.74. The molecule has 1 heterocycles. The van der Waals surface area contributed by atoms with Crippen molar-refractivity contribution >= 4 is 0 Å². The Bertz CT molecular complexity index is 744. The molecule has 0 saturated heterocycles. The van der Waals surface area contributed by atoms with Gasteiger partial charge in [0.15, 0.2) is 0 Å². The molecule has 0 aliphatic heterocycles. The van der Waals surface area contributed by atoms with Gasteiger partial charge >= 0.3 is 0 Å². The Morgan fingerprint density at radius 3 is 2.50 bits per heavy atom. The summed E-state index contributed by atoms with van der Waals surface area (Å²) in [5.41, 5.74) is 9.57. The zero-order valence-corrected chi connectivity index (χ0v) is 13.6. The number of nitrogens with two attached hydrogens (primary N) is 1. The van der Waals surface area contributed by atoms with Gasteiger partial charge in [-0.2, -0.15) is 0 Å². The Morgan fingerprint density at radius 1 is 0.917 bits per heavy atom. The van der Waals surface area contributed by atoms with Gasteiger partial charge in [-0.1, -0.05) is 48.5 Å². The van der Waals surface area contributed by atoms with Crippen LogP contribution in [-0.4, -0.2) is 11.5 Å². The summed E-state index contributed by atoms with van der Waals surface area (Å²) in [6.45, 7) is 1.16. The summed E-state index contributed by atoms with van der Waals surface area (Å²) in [5, 5.41) is 0. The number of aromatic nitrogens is 1. The van der Waals surface area contributed by atoms with E-state index in [-0.39, 0.29) is 5.92 Å². The number of nitrogens with zero attached hydrogens (tertiary/aromatic N) is 1. The van der Waals surface area contributed by atoms with Crippen LogP contribution in [-0.2, 0) is 13.0 Å². The topological polar surface area (TPSA) is 48.1 Å². The molecular formula is C21H22N2O. The maximum absolute atomic E-state index is 6.01. The molecule has 0 spiro atoms. The van der Waals surface area contributed by atoms with Gasteiger partial charge in [0, 0.05) is 18.3 Å². The Hall–Kier alpha value is -2.65. The largest absolute Gasteiger partial charge is 0.489 e. The molecule has 3 rings (SSSR count). The minimum absolute atomic E-state index is 0.259. The molecule has 3 heteroatoms. The fraction of sp³-hybridized carbons (Fsp3) is 0.190. The summed E-state index contributed by atoms with van der Waals surface area (Å²) in [6, 6.07) is 22.5. The van der Waals surface area contributed by atoms with Crippen molar-refractivity contribution in [2.24, 2.45) is 5.73 Å². The average Bonchev–Trinajstić information content (AvgIpc) is 2.66. The lowest BCUT2D eigenvalue weighted by Gasteiger charge is -2.16. The van der Waals surface area contributed by atoms with E-state index < -0.39 is 0 Å². The van der Waals surface area contributed by atoms with Gasteiger partial charge in [-0.25, -0.2) is 0 Å². The normalized spacial score (nSPS) is 11.9. The summed E-state index contributed by atoms with van der Waals surface area (Å²) < 4.78 is 5.92. The highest BCUT2D eigenvalue weighted by atomic mass is 16.5. The van der Waals surface area contributed by atoms with Gasteiger partial charge in [-0.05, 0) is 47.9 Å². The first-order chi connectivity index (χ1) is 11.8. The molecule has 0 aliphatic carbocycles. The van der Waals surface area contributed by atoms with Gasteiger partial charge in [-0.15, -0.1) is 0 Å². The van der Waals surface area contributed by atoms with Crippen molar-refractivity contribution in [3.63, 3.8) is 0 Å². The van der Waals surface area contributed by atoms with Crippen LogP contribution >= 0.6 is 0 Å². The number of hydrogen-bond donors (Lipinski definition) is 1. The van der Waals surface area contributed by atoms with Crippen molar-refractivity contribution < 1.29 is 4.74 Å². The van der Waals surface area contributed by atoms with E-state index in [4.69, 9.17) is 10.5 Å². The van der Waals surface area contributed by atoms with Gasteiger partial charge in [-0.3, -0.25) is 4.98 Å². The lowest BCUT2D eigenvalue weighted by atomic mass is 9.92. The molecule has 3 aromatic rings. The average molecular weight is 318 g/mol. The van der Waals surface area contributed by atoms with Crippen LogP contribution < -0.4 is 10.5 Å². The first-order valence-electron chi connectivity index (χ1n) is 8.21. The van der Waals surface area contributed by atoms with Crippen molar-refractivity contribution in [3.05, 3.63) is 95.8 Å².